The van der Waals surface area contributed by atoms with Crippen LogP contribution >= 0.6 is 0 Å². The molecule has 4 amide bonds. The van der Waals surface area contributed by atoms with Crippen molar-refractivity contribution >= 4 is 137 Å². The van der Waals surface area contributed by atoms with Crippen LogP contribution < -0.4 is 63.0 Å². The van der Waals surface area contributed by atoms with Crippen LogP contribution in [0.3, 0.4) is 0 Å². The molecule has 1 saturated carbocycles. The number of nitrogens with one attached hydrogen (secondary N) is 2. The molecule has 0 radical (unpaired) electrons. The molecule has 6 fully saturated rings. The summed E-state index contributed by atoms with van der Waals surface area (Å²) in [6.45, 7) is 47.6. The quantitative estimate of drug-likeness (QED) is 0.0279. The van der Waals surface area contributed by atoms with Gasteiger partial charge in [0, 0.05) is 163 Å². The average Bonchev–Trinajstić information content (AvgIpc) is 1.46. The second-order valence-electron chi connectivity index (χ2n) is 39.6. The molecular formula is C112H146N16O19. The highest BCUT2D eigenvalue weighted by molar-refractivity contribution is 5.99. The number of nitrogens with zero attached hydrogens (tertiary/aromatic N) is 9. The van der Waals surface area contributed by atoms with Gasteiger partial charge in [0.15, 0.2) is 0 Å². The van der Waals surface area contributed by atoms with E-state index in [0.717, 1.165) is 196 Å². The van der Waals surface area contributed by atoms with Crippen molar-refractivity contribution in [1.82, 2.24) is 55.2 Å². The first-order chi connectivity index (χ1) is 70.0. The van der Waals surface area contributed by atoms with Gasteiger partial charge >= 0.3 is 30.8 Å². The van der Waals surface area contributed by atoms with Crippen molar-refractivity contribution in [1.29, 1.82) is 0 Å². The number of aryl methyl sites for hydroxylation is 5. The van der Waals surface area contributed by atoms with Crippen molar-refractivity contribution in [2.45, 2.75) is 243 Å². The summed E-state index contributed by atoms with van der Waals surface area (Å²) in [4.78, 5) is 163. The number of allylic oxidation sites excluding steroid dienone is 2. The summed E-state index contributed by atoms with van der Waals surface area (Å²) in [6.07, 6.45) is 17.6. The topological polar surface area (TPSA) is 517 Å². The van der Waals surface area contributed by atoms with Crippen LogP contribution in [0, 0.1) is 75.5 Å². The predicted octanol–water partition coefficient (Wildman–Crippen LogP) is 16.6. The molecule has 5 aromatic heterocycles. The van der Waals surface area contributed by atoms with Gasteiger partial charge in [-0.25, -0.2) is 0 Å². The lowest BCUT2D eigenvalue weighted by molar-refractivity contribution is -0.193. The number of carbonyl (C=O) groups is 4. The number of rotatable bonds is 25. The molecule has 5 saturated heterocycles. The van der Waals surface area contributed by atoms with Crippen molar-refractivity contribution in [3.63, 3.8) is 0 Å². The number of fused-ring (bicyclic) bond motifs is 7. The van der Waals surface area contributed by atoms with Crippen LogP contribution in [0.15, 0.2) is 146 Å². The summed E-state index contributed by atoms with van der Waals surface area (Å²) in [6, 6.07) is 40.0. The fourth-order valence-electron chi connectivity index (χ4n) is 19.4. The van der Waals surface area contributed by atoms with Crippen molar-refractivity contribution in [3.05, 3.63) is 174 Å². The van der Waals surface area contributed by atoms with Gasteiger partial charge in [-0.15, -0.1) is 0 Å². The fourth-order valence-corrected chi connectivity index (χ4v) is 19.4. The SMILES string of the molecule is C=C(C(C)C)N1C2CCC1CC(Oc1cccc3nc(C)cc(N)c13)C2.C=C(C(C)C)N1CCCC(COc2cccc3nc(C)cc(N)c23)C1.CCC(=O)NC(C)(C)COc1cccc2nc(C)cc(N)c12.Cc1cc(N)c2c(OCC3(C(=O)NC4CCCC4)CCN(C(=O)C(C)C)CC3)cccc2n1.Cc1cc(N)c2c(OCCC3CCN(C(=O)C(C)C)CC3)cccc2n1.O=C=O.O=C=O.O=C=O.O=C=O.O=C=O. The molecule has 0 spiro atoms. The first kappa shape index (κ1) is 119. The molecule has 2 bridgehead atoms. The number of amides is 4. The van der Waals surface area contributed by atoms with E-state index in [0.29, 0.717) is 116 Å². The van der Waals surface area contributed by atoms with Crippen LogP contribution in [0.2, 0.25) is 0 Å². The van der Waals surface area contributed by atoms with Crippen LogP contribution in [-0.2, 0) is 67.1 Å². The molecular weight excluding hydrogens is 1870 g/mol. The van der Waals surface area contributed by atoms with Gasteiger partial charge in [0.25, 0.3) is 0 Å². The van der Waals surface area contributed by atoms with E-state index in [-0.39, 0.29) is 85.0 Å². The Morgan fingerprint density at radius 3 is 1.18 bits per heavy atom. The summed E-state index contributed by atoms with van der Waals surface area (Å²) in [5, 5.41) is 10.6. The highest BCUT2D eigenvalue weighted by atomic mass is 16.5. The number of nitrogens with two attached hydrogens (primary N) is 5. The molecule has 10 aromatic rings. The third-order valence-corrected chi connectivity index (χ3v) is 26.6. The Balaban J connectivity index is 0.000000241. The lowest BCUT2D eigenvalue weighted by atomic mass is 9.77. The summed E-state index contributed by atoms with van der Waals surface area (Å²) < 4.78 is 31.0. The van der Waals surface area contributed by atoms with E-state index in [1.807, 2.05) is 214 Å². The normalized spacial score (nSPS) is 16.4. The standard InChI is InChI=1S/C26H36N4O3.C22H29N3O.C21H29N3O2.C21H29N3O.C17H23N3O2.5CO2/c1-17(2)24(31)30-13-11-26(12-14-30,25(32)29-19-7-4-5-8-19)16-33-22-10-6-9-21-23(22)20(27)15-18(3)28-21;1-13(2)15(4)25-16-8-9-17(25)12-18(11-16)26-21-7-5-6-20-22(21)19(23)10-14(3)24-20;1-14(2)21(25)24-10-7-16(8-11-24)9-12-26-19-6-4-5-18-20(19)17(22)13-15(3)23-18;1-14(2)16(4)24-10-6-7-17(12-24)13-25-20-9-5-8-19-21(20)18(22)11-15(3)23-19;1-5-15(21)20-17(3,4)10-22-14-8-6-7-13-16(14)12(18)9-11(2)19-13;5*2-1-3/h6,9-10,15,17,19H,4-5,7-8,11-14,16H2,1-3H3,(H2,27,28)(H,29,32);5-7,10,13,16-18H,4,8-9,11-12H2,1-3H3,(H2,23,24);4-6,13-14,16H,7-12H2,1-3H3,(H2,22,23);5,8-9,11,14,17H,4,6-7,10,12-13H2,1-3H3,(H2,22,23);6-9H,5,10H2,1-4H3,(H2,18,19)(H,20,21);;;;;. The predicted molar refractivity (Wildman–Crippen MR) is 561 cm³/mol. The monoisotopic (exact) mass is 2020 g/mol. The Hall–Kier alpha value is -15.0. The van der Waals surface area contributed by atoms with Gasteiger partial charge in [-0.05, 0) is 228 Å². The van der Waals surface area contributed by atoms with Gasteiger partial charge in [-0.2, -0.15) is 47.9 Å². The van der Waals surface area contributed by atoms with Crippen LogP contribution in [0.4, 0.5) is 28.4 Å². The van der Waals surface area contributed by atoms with E-state index in [4.69, 9.17) is 100 Å². The molecule has 10 heterocycles. The molecule has 12 N–H and O–H groups in total. The molecule has 6 aliphatic rings. The first-order valence-electron chi connectivity index (χ1n) is 50.1. The number of nitrogen functional groups attached to an aromatic ring is 5. The number of anilines is 5. The van der Waals surface area contributed by atoms with Crippen molar-refractivity contribution in [2.75, 3.05) is 94.4 Å². The number of hydrogen-bond acceptors (Lipinski definition) is 31. The molecule has 16 rings (SSSR count). The lowest BCUT2D eigenvalue weighted by Crippen LogP contribution is -2.54. The van der Waals surface area contributed by atoms with Gasteiger partial charge < -0.3 is 82.6 Å². The van der Waals surface area contributed by atoms with Crippen LogP contribution in [0.1, 0.15) is 207 Å². The molecule has 5 aromatic carbocycles. The largest absolute Gasteiger partial charge is 0.493 e. The van der Waals surface area contributed by atoms with E-state index >= 15 is 0 Å². The molecule has 35 nitrogen and oxygen atoms in total. The molecule has 3 atom stereocenters. The van der Waals surface area contributed by atoms with Gasteiger partial charge in [0.2, 0.25) is 23.6 Å². The second kappa shape index (κ2) is 58.2. The number of pyridine rings is 5. The Morgan fingerprint density at radius 2 is 0.803 bits per heavy atom. The highest BCUT2D eigenvalue weighted by Crippen LogP contribution is 2.44. The van der Waals surface area contributed by atoms with Gasteiger partial charge in [-0.1, -0.05) is 119 Å². The maximum Gasteiger partial charge on any atom is 0.373 e. The smallest absolute Gasteiger partial charge is 0.373 e. The van der Waals surface area contributed by atoms with E-state index in [2.05, 4.69) is 86.2 Å². The zero-order chi connectivity index (χ0) is 109. The van der Waals surface area contributed by atoms with Crippen LogP contribution in [0.5, 0.6) is 28.7 Å². The molecule has 5 aliphatic heterocycles. The Labute approximate surface area is 860 Å². The zero-order valence-electron chi connectivity index (χ0n) is 87.8. The van der Waals surface area contributed by atoms with Crippen molar-refractivity contribution < 1.29 is 90.8 Å². The number of benzene rings is 5. The first-order valence-corrected chi connectivity index (χ1v) is 50.1. The van der Waals surface area contributed by atoms with Crippen LogP contribution in [-0.4, -0.2) is 194 Å². The third kappa shape index (κ3) is 34.6. The van der Waals surface area contributed by atoms with E-state index in [1.165, 1.54) is 37.1 Å². The number of aromatic nitrogens is 5. The lowest BCUT2D eigenvalue weighted by Gasteiger charge is -2.42. The number of carbonyl (C=O) groups excluding carboxylic acids is 14. The second-order valence-corrected chi connectivity index (χ2v) is 39.6. The van der Waals surface area contributed by atoms with E-state index in [9.17, 15) is 19.2 Å². The summed E-state index contributed by atoms with van der Waals surface area (Å²) in [5.41, 5.74) is 44.7. The molecule has 3 unspecified atom stereocenters. The average molecular weight is 2020 g/mol. The Bertz CT molecular complexity index is 6210. The molecule has 1 aliphatic carbocycles. The number of piperidine rings is 4. The fraction of sp³-hybridized carbons (Fsp3) is 0.482. The number of likely N-dealkylation sites (tertiary alicyclic amines) is 3. The minimum absolute atomic E-state index is 0.00308. The van der Waals surface area contributed by atoms with E-state index < -0.39 is 11.0 Å². The Morgan fingerprint density at radius 1 is 0.442 bits per heavy atom. The summed E-state index contributed by atoms with van der Waals surface area (Å²) >= 11 is 0. The highest BCUT2D eigenvalue weighted by Gasteiger charge is 2.46. The molecule has 35 heteroatoms. The zero-order valence-corrected chi connectivity index (χ0v) is 87.8. The van der Waals surface area contributed by atoms with E-state index in [1.54, 1.807) is 0 Å². The maximum absolute atomic E-state index is 13.6. The minimum Gasteiger partial charge on any atom is -0.493 e. The Kier molecular flexibility index (Phi) is 47.1. The van der Waals surface area contributed by atoms with Crippen LogP contribution in [0.25, 0.3) is 54.5 Å². The third-order valence-electron chi connectivity index (χ3n) is 26.6. The number of hydrogen-bond donors (Lipinski definition) is 7. The molecule has 788 valence electrons. The van der Waals surface area contributed by atoms with Gasteiger partial charge in [0.1, 0.15) is 48.1 Å². The van der Waals surface area contributed by atoms with Crippen molar-refractivity contribution in [2.24, 2.45) is 40.9 Å². The minimum atomic E-state index is -0.675. The van der Waals surface area contributed by atoms with Gasteiger partial charge in [-0.3, -0.25) is 44.1 Å². The van der Waals surface area contributed by atoms with Crippen molar-refractivity contribution in [3.8, 4) is 28.7 Å². The maximum atomic E-state index is 13.6. The summed E-state index contributed by atoms with van der Waals surface area (Å²) in [7, 11) is 0. The van der Waals surface area contributed by atoms with Gasteiger partial charge in [0.05, 0.1) is 78.7 Å². The summed E-state index contributed by atoms with van der Waals surface area (Å²) in [5.74, 6) is 6.46. The number of ether oxygens (including phenoxy) is 5. The molecule has 147 heavy (non-hydrogen) atoms.